The maximum absolute atomic E-state index is 10.8. The molecule has 4 heteroatoms. The Hall–Kier alpha value is -1.58. The van der Waals surface area contributed by atoms with Gasteiger partial charge in [-0.15, -0.1) is 0 Å². The SMILES string of the molecule is C=CC(=O)O.C=CC(=O)OC1(C(C)C)CC1. The van der Waals surface area contributed by atoms with Gasteiger partial charge in [0.15, 0.2) is 0 Å². The van der Waals surface area contributed by atoms with Crippen molar-refractivity contribution in [1.29, 1.82) is 0 Å². The normalized spacial score (nSPS) is 15.4. The highest BCUT2D eigenvalue weighted by molar-refractivity contribution is 5.81. The molecule has 1 aliphatic carbocycles. The minimum absolute atomic E-state index is 0.148. The van der Waals surface area contributed by atoms with Crippen molar-refractivity contribution in [1.82, 2.24) is 0 Å². The van der Waals surface area contributed by atoms with Crippen LogP contribution in [0.1, 0.15) is 26.7 Å². The molecule has 1 aliphatic rings. The number of carbonyl (C=O) groups excluding carboxylic acids is 1. The van der Waals surface area contributed by atoms with E-state index in [-0.39, 0.29) is 11.6 Å². The van der Waals surface area contributed by atoms with E-state index in [4.69, 9.17) is 9.84 Å². The minimum Gasteiger partial charge on any atom is -0.478 e. The molecule has 0 spiro atoms. The quantitative estimate of drug-likeness (QED) is 0.589. The molecule has 0 aromatic rings. The van der Waals surface area contributed by atoms with Gasteiger partial charge in [-0.3, -0.25) is 0 Å². The molecule has 0 radical (unpaired) electrons. The van der Waals surface area contributed by atoms with E-state index < -0.39 is 5.97 Å². The molecule has 0 saturated heterocycles. The molecule has 90 valence electrons. The van der Waals surface area contributed by atoms with Crippen LogP contribution in [0.4, 0.5) is 0 Å². The fraction of sp³-hybridized carbons (Fsp3) is 0.500. The Balaban J connectivity index is 0.000000385. The molecule has 0 bridgehead atoms. The summed E-state index contributed by atoms with van der Waals surface area (Å²) in [5, 5.41) is 7.60. The smallest absolute Gasteiger partial charge is 0.330 e. The van der Waals surface area contributed by atoms with Gasteiger partial charge in [0.2, 0.25) is 0 Å². The molecule has 0 heterocycles. The molecule has 4 nitrogen and oxygen atoms in total. The lowest BCUT2D eigenvalue weighted by molar-refractivity contribution is -0.147. The Morgan fingerprint density at radius 1 is 1.31 bits per heavy atom. The van der Waals surface area contributed by atoms with Crippen LogP contribution >= 0.6 is 0 Å². The van der Waals surface area contributed by atoms with Gasteiger partial charge in [0, 0.05) is 12.2 Å². The fourth-order valence-corrected chi connectivity index (χ4v) is 1.16. The molecule has 0 amide bonds. The van der Waals surface area contributed by atoms with Gasteiger partial charge >= 0.3 is 11.9 Å². The second-order valence-corrected chi connectivity index (χ2v) is 3.89. The largest absolute Gasteiger partial charge is 0.478 e. The predicted octanol–water partition coefficient (Wildman–Crippen LogP) is 2.16. The number of ether oxygens (including phenoxy) is 1. The van der Waals surface area contributed by atoms with Crippen LogP contribution in [0.3, 0.4) is 0 Å². The molecule has 1 fully saturated rings. The highest BCUT2D eigenvalue weighted by Crippen LogP contribution is 2.45. The van der Waals surface area contributed by atoms with Gasteiger partial charge < -0.3 is 9.84 Å². The van der Waals surface area contributed by atoms with Crippen molar-refractivity contribution in [2.45, 2.75) is 32.3 Å². The molecular formula is C12H18O4. The summed E-state index contributed by atoms with van der Waals surface area (Å²) in [5.74, 6) is -0.854. The van der Waals surface area contributed by atoms with Crippen molar-refractivity contribution in [3.05, 3.63) is 25.3 Å². The summed E-state index contributed by atoms with van der Waals surface area (Å²) in [4.78, 5) is 20.1. The molecule has 0 aromatic heterocycles. The van der Waals surface area contributed by atoms with E-state index in [0.29, 0.717) is 5.92 Å². The molecule has 1 N–H and O–H groups in total. The van der Waals surface area contributed by atoms with Crippen LogP contribution in [0, 0.1) is 5.92 Å². The van der Waals surface area contributed by atoms with Crippen molar-refractivity contribution < 1.29 is 19.4 Å². The first kappa shape index (κ1) is 14.4. The van der Waals surface area contributed by atoms with E-state index in [1.807, 2.05) is 0 Å². The van der Waals surface area contributed by atoms with Gasteiger partial charge in [0.25, 0.3) is 0 Å². The number of carboxylic acid groups (broad SMARTS) is 1. The lowest BCUT2D eigenvalue weighted by Crippen LogP contribution is -2.24. The van der Waals surface area contributed by atoms with Gasteiger partial charge in [-0.25, -0.2) is 9.59 Å². The highest BCUT2D eigenvalue weighted by atomic mass is 16.6. The fourth-order valence-electron chi connectivity index (χ4n) is 1.16. The standard InChI is InChI=1S/C9H14O2.C3H4O2/c1-4-8(10)11-9(5-6-9)7(2)3;1-2-3(4)5/h4,7H,1,5-6H2,2-3H3;2H,1H2,(H,4,5). The number of esters is 1. The molecule has 0 aromatic carbocycles. The summed E-state index contributed by atoms with van der Waals surface area (Å²) in [6.07, 6.45) is 4.07. The third-order valence-electron chi connectivity index (χ3n) is 2.44. The molecule has 0 atom stereocenters. The van der Waals surface area contributed by atoms with Crippen molar-refractivity contribution in [3.8, 4) is 0 Å². The maximum atomic E-state index is 10.8. The Kier molecular flexibility index (Phi) is 5.50. The van der Waals surface area contributed by atoms with Crippen molar-refractivity contribution in [3.63, 3.8) is 0 Å². The monoisotopic (exact) mass is 226 g/mol. The summed E-state index contributed by atoms with van der Waals surface area (Å²) >= 11 is 0. The Morgan fingerprint density at radius 3 is 1.94 bits per heavy atom. The third kappa shape index (κ3) is 4.77. The lowest BCUT2D eigenvalue weighted by atomic mass is 10.1. The van der Waals surface area contributed by atoms with Crippen molar-refractivity contribution >= 4 is 11.9 Å². The van der Waals surface area contributed by atoms with Crippen molar-refractivity contribution in [2.75, 3.05) is 0 Å². The average molecular weight is 226 g/mol. The van der Waals surface area contributed by atoms with E-state index >= 15 is 0 Å². The Bertz CT molecular complexity index is 287. The van der Waals surface area contributed by atoms with Crippen molar-refractivity contribution in [2.24, 2.45) is 5.92 Å². The number of carbonyl (C=O) groups is 2. The zero-order chi connectivity index (χ0) is 12.8. The topological polar surface area (TPSA) is 63.6 Å². The molecular weight excluding hydrogens is 208 g/mol. The summed E-state index contributed by atoms with van der Waals surface area (Å²) in [6.45, 7) is 10.5. The first-order chi connectivity index (χ1) is 7.38. The van der Waals surface area contributed by atoms with E-state index in [2.05, 4.69) is 27.0 Å². The molecule has 1 saturated carbocycles. The number of carboxylic acids is 1. The second kappa shape index (κ2) is 6.10. The number of rotatable bonds is 4. The minimum atomic E-state index is -0.981. The van der Waals surface area contributed by atoms with E-state index in [1.165, 1.54) is 6.08 Å². The number of hydrogen-bond acceptors (Lipinski definition) is 3. The number of hydrogen-bond donors (Lipinski definition) is 1. The zero-order valence-electron chi connectivity index (χ0n) is 9.73. The maximum Gasteiger partial charge on any atom is 0.330 e. The molecule has 0 aliphatic heterocycles. The summed E-state index contributed by atoms with van der Waals surface area (Å²) in [7, 11) is 0. The van der Waals surface area contributed by atoms with Gasteiger partial charge in [-0.1, -0.05) is 27.0 Å². The predicted molar refractivity (Wildman–Crippen MR) is 60.9 cm³/mol. The Labute approximate surface area is 95.6 Å². The molecule has 0 unspecified atom stereocenters. The van der Waals surface area contributed by atoms with E-state index in [0.717, 1.165) is 18.9 Å². The van der Waals surface area contributed by atoms with Gasteiger partial charge in [-0.2, -0.15) is 0 Å². The molecule has 16 heavy (non-hydrogen) atoms. The van der Waals surface area contributed by atoms with Crippen LogP contribution in [0.2, 0.25) is 0 Å². The first-order valence-corrected chi connectivity index (χ1v) is 5.08. The second-order valence-electron chi connectivity index (χ2n) is 3.89. The summed E-state index contributed by atoms with van der Waals surface area (Å²) < 4.78 is 5.20. The van der Waals surface area contributed by atoms with Crippen LogP contribution in [0.25, 0.3) is 0 Å². The first-order valence-electron chi connectivity index (χ1n) is 5.08. The average Bonchev–Trinajstić information content (AvgIpc) is 2.99. The van der Waals surface area contributed by atoms with E-state index in [1.54, 1.807) is 0 Å². The number of aliphatic carboxylic acids is 1. The third-order valence-corrected chi connectivity index (χ3v) is 2.44. The summed E-state index contributed by atoms with van der Waals surface area (Å²) in [5.41, 5.74) is -0.148. The van der Waals surface area contributed by atoms with E-state index in [9.17, 15) is 9.59 Å². The van der Waals surface area contributed by atoms with Crippen LogP contribution in [0.15, 0.2) is 25.3 Å². The van der Waals surface area contributed by atoms with Crippen LogP contribution < -0.4 is 0 Å². The van der Waals surface area contributed by atoms with Crippen LogP contribution in [0.5, 0.6) is 0 Å². The zero-order valence-corrected chi connectivity index (χ0v) is 9.73. The summed E-state index contributed by atoms with van der Waals surface area (Å²) in [6, 6.07) is 0. The van der Waals surface area contributed by atoms with Gasteiger partial charge in [-0.05, 0) is 18.8 Å². The lowest BCUT2D eigenvalue weighted by Gasteiger charge is -2.18. The van der Waals surface area contributed by atoms with Crippen LogP contribution in [-0.2, 0) is 14.3 Å². The van der Waals surface area contributed by atoms with Gasteiger partial charge in [0.1, 0.15) is 5.60 Å². The highest BCUT2D eigenvalue weighted by Gasteiger charge is 2.49. The van der Waals surface area contributed by atoms with Crippen LogP contribution in [-0.4, -0.2) is 22.6 Å². The van der Waals surface area contributed by atoms with Gasteiger partial charge in [0.05, 0.1) is 0 Å². The Morgan fingerprint density at radius 2 is 1.75 bits per heavy atom. The molecule has 1 rings (SSSR count).